The van der Waals surface area contributed by atoms with Crippen molar-refractivity contribution in [3.05, 3.63) is 65.2 Å². The van der Waals surface area contributed by atoms with Crippen molar-refractivity contribution < 1.29 is 36.0 Å². The van der Waals surface area contributed by atoms with Gasteiger partial charge in [0.1, 0.15) is 5.75 Å². The predicted octanol–water partition coefficient (Wildman–Crippen LogP) is 10.9. The number of halogens is 5. The zero-order valence-electron chi connectivity index (χ0n) is 28.3. The van der Waals surface area contributed by atoms with Gasteiger partial charge in [0.15, 0.2) is 0 Å². The van der Waals surface area contributed by atoms with Crippen LogP contribution in [0.15, 0.2) is 48.5 Å². The van der Waals surface area contributed by atoms with E-state index in [-0.39, 0.29) is 17.3 Å². The van der Waals surface area contributed by atoms with Crippen LogP contribution >= 0.6 is 0 Å². The fraction of sp³-hybridized carbons (Fsp3) is 0.692. The highest BCUT2D eigenvalue weighted by molar-refractivity contribution is 7.84. The monoisotopic (exact) mass is 696 g/mol. The van der Waals surface area contributed by atoms with Crippen molar-refractivity contribution in [3.63, 3.8) is 0 Å². The fourth-order valence-corrected chi connectivity index (χ4v) is 10.6. The summed E-state index contributed by atoms with van der Waals surface area (Å²) in [5.41, 5.74) is 4.16. The van der Waals surface area contributed by atoms with E-state index in [9.17, 15) is 31.3 Å². The third-order valence-corrected chi connectivity index (χ3v) is 13.2. The van der Waals surface area contributed by atoms with Crippen molar-refractivity contribution in [3.8, 4) is 5.75 Å². The van der Waals surface area contributed by atoms with Crippen molar-refractivity contribution in [2.75, 3.05) is 11.5 Å². The Morgan fingerprint density at radius 2 is 1.56 bits per heavy atom. The van der Waals surface area contributed by atoms with Gasteiger partial charge in [-0.3, -0.25) is 4.21 Å². The van der Waals surface area contributed by atoms with Gasteiger partial charge >= 0.3 is 12.1 Å². The number of rotatable bonds is 17. The third kappa shape index (κ3) is 9.01. The highest BCUT2D eigenvalue weighted by Crippen LogP contribution is 2.64. The van der Waals surface area contributed by atoms with Crippen LogP contribution < -0.4 is 0 Å². The van der Waals surface area contributed by atoms with E-state index in [0.717, 1.165) is 44.9 Å². The molecule has 0 aromatic heterocycles. The van der Waals surface area contributed by atoms with Gasteiger partial charge in [0.25, 0.3) is 0 Å². The molecule has 268 valence electrons. The Labute approximate surface area is 285 Å². The molecule has 48 heavy (non-hydrogen) atoms. The second kappa shape index (κ2) is 16.3. The first kappa shape index (κ1) is 37.3. The number of alkyl halides is 5. The maximum absolute atomic E-state index is 13.0. The van der Waals surface area contributed by atoms with E-state index in [4.69, 9.17) is 4.74 Å². The number of benzene rings is 2. The number of aryl methyl sites for hydroxylation is 1. The van der Waals surface area contributed by atoms with E-state index in [0.29, 0.717) is 48.2 Å². The fourth-order valence-electron chi connectivity index (χ4n) is 9.41. The first-order chi connectivity index (χ1) is 22.9. The van der Waals surface area contributed by atoms with Gasteiger partial charge in [-0.1, -0.05) is 81.8 Å². The van der Waals surface area contributed by atoms with Crippen molar-refractivity contribution in [1.82, 2.24) is 0 Å². The molecule has 0 radical (unpaired) electrons. The van der Waals surface area contributed by atoms with Gasteiger partial charge in [-0.15, -0.1) is 0 Å². The smallest absolute Gasteiger partial charge is 0.453 e. The van der Waals surface area contributed by atoms with Crippen molar-refractivity contribution in [1.29, 1.82) is 0 Å². The standard InChI is InChI=1S/C39H53F5O3S/c1-37-26-30(15-10-5-3-2-4-6-11-23-48(46)24-12-22-38(40,41)39(42,43)44)36-32-19-17-31(45)25-29(32)16-18-33(36)34(37)20-21-35(37)47-27-28-13-8-7-9-14-28/h7-9,13-14,17,19,25,30,33-36,45H,2-6,10-12,15-16,18,20-24,26-27H2,1H3/t30-,33-,34-,35-,36+,37-,48?/m0/s1. The van der Waals surface area contributed by atoms with Crippen LogP contribution in [-0.4, -0.2) is 39.0 Å². The summed E-state index contributed by atoms with van der Waals surface area (Å²) in [6.07, 6.45) is 7.07. The molecule has 0 aliphatic heterocycles. The molecule has 2 saturated carbocycles. The molecule has 2 fully saturated rings. The lowest BCUT2D eigenvalue weighted by molar-refractivity contribution is -0.284. The SMILES string of the molecule is C[C@]12C[C@H](CCCCCCCCCS(=O)CCCC(F)(F)C(F)(F)F)[C@@H]3c4ccc(O)cc4CC[C@H]3[C@@H]1CC[C@@H]2OCc1ccccc1. The van der Waals surface area contributed by atoms with Gasteiger partial charge < -0.3 is 9.84 Å². The van der Waals surface area contributed by atoms with Crippen LogP contribution in [0.1, 0.15) is 119 Å². The van der Waals surface area contributed by atoms with Crippen LogP contribution in [0.3, 0.4) is 0 Å². The lowest BCUT2D eigenvalue weighted by atomic mass is 9.51. The molecule has 3 aliphatic rings. The molecule has 3 nitrogen and oxygen atoms in total. The first-order valence-electron chi connectivity index (χ1n) is 18.2. The van der Waals surface area contributed by atoms with Crippen LogP contribution in [0.5, 0.6) is 5.75 Å². The number of hydrogen-bond acceptors (Lipinski definition) is 3. The molecule has 0 bridgehead atoms. The number of unbranched alkanes of at least 4 members (excludes halogenated alkanes) is 6. The van der Waals surface area contributed by atoms with Gasteiger partial charge in [-0.2, -0.15) is 22.0 Å². The minimum Gasteiger partial charge on any atom is -0.508 e. The Morgan fingerprint density at radius 3 is 2.29 bits per heavy atom. The van der Waals surface area contributed by atoms with Crippen LogP contribution in [-0.2, 0) is 28.6 Å². The molecule has 2 aromatic carbocycles. The molecule has 7 atom stereocenters. The molecular formula is C39H53F5O3S. The second-order valence-corrected chi connectivity index (χ2v) is 16.7. The normalized spacial score (nSPS) is 27.7. The number of hydrogen-bond donors (Lipinski definition) is 1. The molecule has 0 saturated heterocycles. The lowest BCUT2D eigenvalue weighted by Gasteiger charge is -2.54. The average molecular weight is 697 g/mol. The van der Waals surface area contributed by atoms with Crippen LogP contribution in [0.2, 0.25) is 0 Å². The van der Waals surface area contributed by atoms with E-state index in [1.807, 2.05) is 18.2 Å². The number of ether oxygens (including phenoxy) is 1. The largest absolute Gasteiger partial charge is 0.508 e. The highest BCUT2D eigenvalue weighted by atomic mass is 32.2. The summed E-state index contributed by atoms with van der Waals surface area (Å²) in [6.45, 7) is 3.16. The molecule has 1 unspecified atom stereocenters. The topological polar surface area (TPSA) is 46.5 Å². The van der Waals surface area contributed by atoms with Crippen molar-refractivity contribution >= 4 is 10.8 Å². The molecule has 0 spiro atoms. The maximum Gasteiger partial charge on any atom is 0.453 e. The summed E-state index contributed by atoms with van der Waals surface area (Å²) >= 11 is 0. The summed E-state index contributed by atoms with van der Waals surface area (Å²) in [4.78, 5) is 0. The Morgan fingerprint density at radius 1 is 0.875 bits per heavy atom. The van der Waals surface area contributed by atoms with Crippen LogP contribution in [0.4, 0.5) is 22.0 Å². The number of aromatic hydroxyl groups is 1. The number of phenolic OH excluding ortho intramolecular Hbond substituents is 1. The van der Waals surface area contributed by atoms with E-state index < -0.39 is 35.7 Å². The zero-order valence-corrected chi connectivity index (χ0v) is 29.1. The van der Waals surface area contributed by atoms with Gasteiger partial charge in [-0.25, -0.2) is 0 Å². The molecular weight excluding hydrogens is 643 g/mol. The highest BCUT2D eigenvalue weighted by Gasteiger charge is 2.58. The zero-order chi connectivity index (χ0) is 34.4. The summed E-state index contributed by atoms with van der Waals surface area (Å²) in [5, 5.41) is 10.2. The van der Waals surface area contributed by atoms with E-state index in [1.165, 1.54) is 48.8 Å². The Kier molecular flexibility index (Phi) is 12.7. The molecule has 0 amide bonds. The Bertz CT molecular complexity index is 1330. The Hall–Kier alpha value is -2.00. The minimum absolute atomic E-state index is 0.111. The average Bonchev–Trinajstić information content (AvgIpc) is 3.37. The summed E-state index contributed by atoms with van der Waals surface area (Å²) in [5.74, 6) is -1.71. The quantitative estimate of drug-likeness (QED) is 0.132. The summed E-state index contributed by atoms with van der Waals surface area (Å²) < 4.78 is 81.7. The van der Waals surface area contributed by atoms with Crippen LogP contribution in [0, 0.1) is 23.2 Å². The molecule has 0 heterocycles. The molecule has 1 N–H and O–H groups in total. The van der Waals surface area contributed by atoms with Crippen LogP contribution in [0.25, 0.3) is 0 Å². The van der Waals surface area contributed by atoms with Crippen molar-refractivity contribution in [2.24, 2.45) is 23.2 Å². The third-order valence-electron chi connectivity index (χ3n) is 11.8. The number of fused-ring (bicyclic) bond motifs is 5. The van der Waals surface area contributed by atoms with E-state index >= 15 is 0 Å². The minimum atomic E-state index is -5.54. The summed E-state index contributed by atoms with van der Waals surface area (Å²) in [7, 11) is -1.36. The first-order valence-corrected chi connectivity index (χ1v) is 19.6. The number of phenols is 1. The lowest BCUT2D eigenvalue weighted by Crippen LogP contribution is -2.48. The van der Waals surface area contributed by atoms with Crippen molar-refractivity contribution in [2.45, 2.75) is 134 Å². The predicted molar refractivity (Wildman–Crippen MR) is 182 cm³/mol. The van der Waals surface area contributed by atoms with Gasteiger partial charge in [0.2, 0.25) is 0 Å². The molecule has 9 heteroatoms. The second-order valence-electron chi connectivity index (χ2n) is 15.0. The molecule has 5 rings (SSSR count). The molecule has 3 aliphatic carbocycles. The van der Waals surface area contributed by atoms with Gasteiger partial charge in [0.05, 0.1) is 12.7 Å². The van der Waals surface area contributed by atoms with E-state index in [2.05, 4.69) is 37.3 Å². The van der Waals surface area contributed by atoms with E-state index in [1.54, 1.807) is 0 Å². The summed E-state index contributed by atoms with van der Waals surface area (Å²) in [6, 6.07) is 16.5. The maximum atomic E-state index is 13.0. The van der Waals surface area contributed by atoms with Gasteiger partial charge in [0, 0.05) is 28.7 Å². The Balaban J connectivity index is 1.08. The van der Waals surface area contributed by atoms with Gasteiger partial charge in [-0.05, 0) is 109 Å². The molecule has 2 aromatic rings.